The van der Waals surface area contributed by atoms with E-state index in [1.165, 1.54) is 17.7 Å². The SMILES string of the molecule is FC(F)(F)c1ccc2c(c1)[C@H]1O[C@@H](CN3CCC(c4ccccc4)CC3)CC[C@H]1[C@H](c1ccccc1)N2. The van der Waals surface area contributed by atoms with Gasteiger partial charge in [-0.05, 0) is 74.0 Å². The predicted octanol–water partition coefficient (Wildman–Crippen LogP) is 7.59. The average molecular weight is 507 g/mol. The second kappa shape index (κ2) is 10.1. The molecule has 3 aromatic rings. The molecule has 1 N–H and O–H groups in total. The molecule has 3 aliphatic rings. The smallest absolute Gasteiger partial charge is 0.378 e. The van der Waals surface area contributed by atoms with Crippen molar-refractivity contribution < 1.29 is 17.9 Å². The van der Waals surface area contributed by atoms with Crippen LogP contribution in [0.4, 0.5) is 18.9 Å². The highest BCUT2D eigenvalue weighted by molar-refractivity contribution is 5.58. The standard InChI is InChI=1S/C31H33F3N2O/c32-31(33,34)24-11-14-28-27(19-24)30-26(29(35-28)23-9-5-2-6-10-23)13-12-25(37-30)20-36-17-15-22(16-18-36)21-7-3-1-4-8-21/h1-11,14,19,22,25-26,29-30,35H,12-13,15-18,20H2/t25-,26+,29+,30+/m1/s1. The number of hydrogen-bond acceptors (Lipinski definition) is 3. The van der Waals surface area contributed by atoms with Gasteiger partial charge in [-0.25, -0.2) is 0 Å². The fourth-order valence-corrected chi connectivity index (χ4v) is 6.52. The number of benzene rings is 3. The number of rotatable bonds is 4. The van der Waals surface area contributed by atoms with Crippen molar-refractivity contribution in [2.45, 2.75) is 56.0 Å². The summed E-state index contributed by atoms with van der Waals surface area (Å²) in [7, 11) is 0. The van der Waals surface area contributed by atoms with Crippen LogP contribution in [0.25, 0.3) is 0 Å². The molecule has 0 bridgehead atoms. The Labute approximate surface area is 216 Å². The molecule has 6 rings (SSSR count). The predicted molar refractivity (Wildman–Crippen MR) is 139 cm³/mol. The summed E-state index contributed by atoms with van der Waals surface area (Å²) in [6, 6.07) is 25.0. The van der Waals surface area contributed by atoms with E-state index in [9.17, 15) is 13.2 Å². The van der Waals surface area contributed by atoms with E-state index >= 15 is 0 Å². The lowest BCUT2D eigenvalue weighted by Gasteiger charge is -2.47. The Kier molecular flexibility index (Phi) is 6.72. The van der Waals surface area contributed by atoms with Gasteiger partial charge in [0.05, 0.1) is 23.8 Å². The third-order valence-corrected chi connectivity index (χ3v) is 8.45. The van der Waals surface area contributed by atoms with Crippen molar-refractivity contribution in [3.8, 4) is 0 Å². The van der Waals surface area contributed by atoms with Crippen molar-refractivity contribution in [1.29, 1.82) is 0 Å². The molecule has 2 saturated heterocycles. The van der Waals surface area contributed by atoms with Crippen LogP contribution in [0.3, 0.4) is 0 Å². The van der Waals surface area contributed by atoms with Crippen LogP contribution in [0, 0.1) is 5.92 Å². The molecule has 0 aromatic heterocycles. The minimum Gasteiger partial charge on any atom is -0.378 e. The molecule has 3 aromatic carbocycles. The van der Waals surface area contributed by atoms with Gasteiger partial charge in [-0.1, -0.05) is 60.7 Å². The lowest BCUT2D eigenvalue weighted by molar-refractivity contribution is -0.138. The molecule has 3 nitrogen and oxygen atoms in total. The van der Waals surface area contributed by atoms with Gasteiger partial charge in [-0.2, -0.15) is 13.2 Å². The van der Waals surface area contributed by atoms with Gasteiger partial charge in [0.15, 0.2) is 0 Å². The first-order valence-corrected chi connectivity index (χ1v) is 13.4. The van der Waals surface area contributed by atoms with Crippen LogP contribution in [0.15, 0.2) is 78.9 Å². The number of ether oxygens (including phenoxy) is 1. The third kappa shape index (κ3) is 5.14. The summed E-state index contributed by atoms with van der Waals surface area (Å²) < 4.78 is 47.5. The zero-order valence-corrected chi connectivity index (χ0v) is 20.8. The van der Waals surface area contributed by atoms with Crippen molar-refractivity contribution in [2.24, 2.45) is 5.92 Å². The molecule has 3 aliphatic heterocycles. The minimum absolute atomic E-state index is 0.0120. The Balaban J connectivity index is 1.20. The quantitative estimate of drug-likeness (QED) is 0.395. The highest BCUT2D eigenvalue weighted by atomic mass is 19.4. The fraction of sp³-hybridized carbons (Fsp3) is 0.419. The maximum Gasteiger partial charge on any atom is 0.416 e. The van der Waals surface area contributed by atoms with E-state index in [1.807, 2.05) is 18.2 Å². The molecule has 0 aliphatic carbocycles. The average Bonchev–Trinajstić information content (AvgIpc) is 2.93. The highest BCUT2D eigenvalue weighted by Crippen LogP contribution is 2.51. The molecule has 0 radical (unpaired) electrons. The molecule has 6 heteroatoms. The first-order valence-electron chi connectivity index (χ1n) is 13.4. The van der Waals surface area contributed by atoms with Gasteiger partial charge in [0.2, 0.25) is 0 Å². The number of nitrogens with zero attached hydrogens (tertiary/aromatic N) is 1. The van der Waals surface area contributed by atoms with Crippen molar-refractivity contribution in [2.75, 3.05) is 25.0 Å². The minimum atomic E-state index is -4.38. The maximum atomic E-state index is 13.6. The van der Waals surface area contributed by atoms with Gasteiger partial charge in [-0.3, -0.25) is 0 Å². The number of anilines is 1. The third-order valence-electron chi connectivity index (χ3n) is 8.45. The number of nitrogens with one attached hydrogen (secondary N) is 1. The van der Waals surface area contributed by atoms with E-state index in [4.69, 9.17) is 4.74 Å². The van der Waals surface area contributed by atoms with E-state index < -0.39 is 11.7 Å². The molecule has 0 saturated carbocycles. The highest BCUT2D eigenvalue weighted by Gasteiger charge is 2.44. The lowest BCUT2D eigenvalue weighted by atomic mass is 9.76. The molecular weight excluding hydrogens is 473 g/mol. The number of piperidine rings is 1. The Bertz CT molecular complexity index is 1190. The fourth-order valence-electron chi connectivity index (χ4n) is 6.52. The normalized spacial score (nSPS) is 26.7. The summed E-state index contributed by atoms with van der Waals surface area (Å²) in [5, 5.41) is 3.55. The van der Waals surface area contributed by atoms with E-state index in [2.05, 4.69) is 52.7 Å². The van der Waals surface area contributed by atoms with E-state index in [-0.39, 0.29) is 24.2 Å². The molecule has 194 valence electrons. The summed E-state index contributed by atoms with van der Waals surface area (Å²) in [5.41, 5.74) is 3.33. The molecule has 0 unspecified atom stereocenters. The van der Waals surface area contributed by atoms with E-state index in [1.54, 1.807) is 6.07 Å². The van der Waals surface area contributed by atoms with Gasteiger partial charge >= 0.3 is 6.18 Å². The number of likely N-dealkylation sites (tertiary alicyclic amines) is 1. The van der Waals surface area contributed by atoms with Crippen molar-refractivity contribution in [3.63, 3.8) is 0 Å². The first kappa shape index (κ1) is 24.5. The Morgan fingerprint density at radius 3 is 2.16 bits per heavy atom. The van der Waals surface area contributed by atoms with Crippen LogP contribution in [0.5, 0.6) is 0 Å². The van der Waals surface area contributed by atoms with Crippen molar-refractivity contribution in [3.05, 3.63) is 101 Å². The van der Waals surface area contributed by atoms with Gasteiger partial charge < -0.3 is 15.0 Å². The van der Waals surface area contributed by atoms with Gasteiger partial charge in [-0.15, -0.1) is 0 Å². The van der Waals surface area contributed by atoms with E-state index in [0.29, 0.717) is 11.5 Å². The maximum absolute atomic E-state index is 13.6. The summed E-state index contributed by atoms with van der Waals surface area (Å²) in [6.07, 6.45) is -0.633. The number of hydrogen-bond donors (Lipinski definition) is 1. The molecule has 0 amide bonds. The second-order valence-electron chi connectivity index (χ2n) is 10.7. The van der Waals surface area contributed by atoms with Crippen LogP contribution >= 0.6 is 0 Å². The Morgan fingerprint density at radius 2 is 1.49 bits per heavy atom. The summed E-state index contributed by atoms with van der Waals surface area (Å²) >= 11 is 0. The molecule has 2 fully saturated rings. The van der Waals surface area contributed by atoms with Crippen LogP contribution < -0.4 is 5.32 Å². The first-order chi connectivity index (χ1) is 18.0. The van der Waals surface area contributed by atoms with Crippen molar-refractivity contribution >= 4 is 5.69 Å². The van der Waals surface area contributed by atoms with Crippen LogP contribution in [0.2, 0.25) is 0 Å². The van der Waals surface area contributed by atoms with E-state index in [0.717, 1.165) is 56.6 Å². The van der Waals surface area contributed by atoms with Gasteiger partial charge in [0.25, 0.3) is 0 Å². The molecule has 4 atom stereocenters. The summed E-state index contributed by atoms with van der Waals surface area (Å²) in [4.78, 5) is 2.48. The Hall–Kier alpha value is -2.83. The van der Waals surface area contributed by atoms with Gasteiger partial charge in [0, 0.05) is 23.7 Å². The topological polar surface area (TPSA) is 24.5 Å². The number of halogens is 3. The molecule has 37 heavy (non-hydrogen) atoms. The summed E-state index contributed by atoms with van der Waals surface area (Å²) in [6.45, 7) is 2.88. The van der Waals surface area contributed by atoms with Crippen molar-refractivity contribution in [1.82, 2.24) is 4.90 Å². The van der Waals surface area contributed by atoms with Crippen LogP contribution in [0.1, 0.15) is 66.0 Å². The summed E-state index contributed by atoms with van der Waals surface area (Å²) in [5.74, 6) is 0.677. The zero-order chi connectivity index (χ0) is 25.4. The zero-order valence-electron chi connectivity index (χ0n) is 20.8. The van der Waals surface area contributed by atoms with Gasteiger partial charge in [0.1, 0.15) is 0 Å². The van der Waals surface area contributed by atoms with Crippen LogP contribution in [-0.4, -0.2) is 30.6 Å². The molecule has 3 heterocycles. The van der Waals surface area contributed by atoms with Crippen LogP contribution in [-0.2, 0) is 10.9 Å². The molecule has 0 spiro atoms. The monoisotopic (exact) mass is 506 g/mol. The number of alkyl halides is 3. The second-order valence-corrected chi connectivity index (χ2v) is 10.7. The Morgan fingerprint density at radius 1 is 0.811 bits per heavy atom. The lowest BCUT2D eigenvalue weighted by Crippen LogP contribution is -2.44. The largest absolute Gasteiger partial charge is 0.416 e. The number of fused-ring (bicyclic) bond motifs is 3. The molecular formula is C31H33F3N2O.